The summed E-state index contributed by atoms with van der Waals surface area (Å²) >= 11 is 1.17. The fourth-order valence-corrected chi connectivity index (χ4v) is 2.49. The van der Waals surface area contributed by atoms with Gasteiger partial charge in [-0.15, -0.1) is 0 Å². The zero-order valence-corrected chi connectivity index (χ0v) is 10.4. The number of hydrogen-bond donors (Lipinski definition) is 0. The third kappa shape index (κ3) is 2.15. The molecule has 18 heavy (non-hydrogen) atoms. The van der Waals surface area contributed by atoms with E-state index < -0.39 is 0 Å². The van der Waals surface area contributed by atoms with Crippen molar-refractivity contribution < 1.29 is 0 Å². The molecule has 5 nitrogen and oxygen atoms in total. The summed E-state index contributed by atoms with van der Waals surface area (Å²) in [6.45, 7) is 0.266. The van der Waals surface area contributed by atoms with Crippen LogP contribution in [0, 0.1) is 22.7 Å². The second-order valence-corrected chi connectivity index (χ2v) is 4.61. The number of aryl methyl sites for hydroxylation is 1. The Morgan fingerprint density at radius 2 is 2.17 bits per heavy atom. The molecule has 0 radical (unpaired) electrons. The summed E-state index contributed by atoms with van der Waals surface area (Å²) in [6, 6.07) is 8.96. The molecular weight excluding hydrogens is 248 g/mol. The number of fused-ring (bicyclic) bond motifs is 1. The zero-order chi connectivity index (χ0) is 13.1. The Kier molecular flexibility index (Phi) is 3.22. The van der Waals surface area contributed by atoms with Crippen molar-refractivity contribution in [2.75, 3.05) is 0 Å². The predicted molar refractivity (Wildman–Crippen MR) is 69.4 cm³/mol. The Hall–Kier alpha value is -2.44. The van der Waals surface area contributed by atoms with Crippen LogP contribution in [0.4, 0.5) is 0 Å². The van der Waals surface area contributed by atoms with E-state index in [-0.39, 0.29) is 17.1 Å². The van der Waals surface area contributed by atoms with Gasteiger partial charge in [0.1, 0.15) is 12.1 Å². The number of aromatic nitrogens is 1. The van der Waals surface area contributed by atoms with Crippen molar-refractivity contribution >= 4 is 27.3 Å². The van der Waals surface area contributed by atoms with Crippen LogP contribution in [0.5, 0.6) is 0 Å². The molecule has 0 aliphatic rings. The second-order valence-electron chi connectivity index (χ2n) is 3.62. The van der Waals surface area contributed by atoms with E-state index in [1.165, 1.54) is 11.3 Å². The molecule has 1 aromatic carbocycles. The smallest absolute Gasteiger partial charge is 0.302 e. The van der Waals surface area contributed by atoms with E-state index in [0.29, 0.717) is 0 Å². The lowest BCUT2D eigenvalue weighted by Crippen LogP contribution is -2.06. The highest BCUT2D eigenvalue weighted by Gasteiger charge is 2.04. The molecule has 0 saturated carbocycles. The van der Waals surface area contributed by atoms with Gasteiger partial charge in [-0.25, -0.2) is 0 Å². The highest BCUT2D eigenvalue weighted by atomic mass is 32.1. The second kappa shape index (κ2) is 4.82. The third-order valence-corrected chi connectivity index (χ3v) is 3.48. The summed E-state index contributed by atoms with van der Waals surface area (Å²) in [5.41, 5.74) is 1.60. The molecule has 6 heteroatoms. The number of hydrogen-bond acceptors (Lipinski definition) is 5. The van der Waals surface area contributed by atoms with Crippen LogP contribution in [0.3, 0.4) is 0 Å². The number of thiazole rings is 1. The summed E-state index contributed by atoms with van der Waals surface area (Å²) < 4.78 is 2.47. The van der Waals surface area contributed by atoms with E-state index in [0.717, 1.165) is 15.8 Å². The number of nitrogens with zero attached hydrogens (tertiary/aromatic N) is 4. The lowest BCUT2D eigenvalue weighted by molar-refractivity contribution is 0.938. The zero-order valence-electron chi connectivity index (χ0n) is 9.54. The van der Waals surface area contributed by atoms with Crippen molar-refractivity contribution in [3.05, 3.63) is 33.4 Å². The lowest BCUT2D eigenvalue weighted by Gasteiger charge is -1.98. The van der Waals surface area contributed by atoms with E-state index in [9.17, 15) is 4.79 Å². The van der Waals surface area contributed by atoms with Crippen LogP contribution in [0.15, 0.2) is 28.0 Å². The average Bonchev–Trinajstić information content (AvgIpc) is 2.66. The van der Waals surface area contributed by atoms with E-state index in [1.807, 2.05) is 18.2 Å². The summed E-state index contributed by atoms with van der Waals surface area (Å²) in [5.74, 6) is 0. The van der Waals surface area contributed by atoms with Crippen LogP contribution in [0.2, 0.25) is 0 Å². The molecule has 1 aromatic heterocycles. The minimum absolute atomic E-state index is 0.0135. The van der Waals surface area contributed by atoms with Crippen molar-refractivity contribution in [1.82, 2.24) is 4.57 Å². The highest BCUT2D eigenvalue weighted by molar-refractivity contribution is 7.16. The Morgan fingerprint density at radius 1 is 1.44 bits per heavy atom. The van der Waals surface area contributed by atoms with Gasteiger partial charge in [-0.1, -0.05) is 17.4 Å². The molecule has 88 valence electrons. The molecule has 0 bridgehead atoms. The first kappa shape index (κ1) is 12.0. The normalized spacial score (nSPS) is 9.72. The molecule has 0 amide bonds. The van der Waals surface area contributed by atoms with Gasteiger partial charge in [-0.2, -0.15) is 10.5 Å². The molecule has 0 aliphatic heterocycles. The van der Waals surface area contributed by atoms with Gasteiger partial charge in [-0.3, -0.25) is 9.79 Å². The monoisotopic (exact) mass is 256 g/mol. The number of aliphatic imine (C=N–C) groups is 1. The Balaban J connectivity index is 2.38. The first-order valence-corrected chi connectivity index (χ1v) is 5.90. The lowest BCUT2D eigenvalue weighted by atomic mass is 10.2. The Morgan fingerprint density at radius 3 is 2.83 bits per heavy atom. The van der Waals surface area contributed by atoms with Crippen LogP contribution in [0.25, 0.3) is 10.2 Å². The van der Waals surface area contributed by atoms with Gasteiger partial charge in [0, 0.05) is 7.05 Å². The molecule has 0 N–H and O–H groups in total. The van der Waals surface area contributed by atoms with E-state index in [2.05, 4.69) is 4.99 Å². The highest BCUT2D eigenvalue weighted by Crippen LogP contribution is 2.18. The van der Waals surface area contributed by atoms with Gasteiger partial charge in [-0.05, 0) is 17.7 Å². The van der Waals surface area contributed by atoms with Crippen molar-refractivity contribution in [1.29, 1.82) is 10.5 Å². The van der Waals surface area contributed by atoms with Crippen LogP contribution < -0.4 is 4.87 Å². The standard InChI is InChI=1S/C12H8N4OS/c1-16-10-3-2-8(4-11(10)18-12(16)17)7-15-9(5-13)6-14/h2-4H,7H2,1H3. The average molecular weight is 256 g/mol. The summed E-state index contributed by atoms with van der Waals surface area (Å²) in [7, 11) is 1.72. The molecule has 0 aliphatic carbocycles. The minimum atomic E-state index is -0.142. The fourth-order valence-electron chi connectivity index (χ4n) is 1.54. The molecule has 0 atom stereocenters. The first-order valence-electron chi connectivity index (χ1n) is 5.09. The number of nitriles is 2. The van der Waals surface area contributed by atoms with Crippen molar-refractivity contribution in [2.45, 2.75) is 6.54 Å². The summed E-state index contributed by atoms with van der Waals surface area (Å²) in [6.07, 6.45) is 0. The minimum Gasteiger partial charge on any atom is -0.302 e. The molecule has 0 spiro atoms. The van der Waals surface area contributed by atoms with Crippen LogP contribution >= 0.6 is 11.3 Å². The number of benzene rings is 1. The van der Waals surface area contributed by atoms with Gasteiger partial charge in [0.15, 0.2) is 0 Å². The van der Waals surface area contributed by atoms with Gasteiger partial charge < -0.3 is 4.57 Å². The maximum absolute atomic E-state index is 11.5. The fraction of sp³-hybridized carbons (Fsp3) is 0.167. The first-order chi connectivity index (χ1) is 8.65. The Bertz CT molecular complexity index is 754. The van der Waals surface area contributed by atoms with Crippen molar-refractivity contribution in [3.8, 4) is 12.1 Å². The molecule has 2 rings (SSSR count). The number of rotatable bonds is 2. The van der Waals surface area contributed by atoms with E-state index >= 15 is 0 Å². The van der Waals surface area contributed by atoms with Gasteiger partial charge in [0.2, 0.25) is 5.71 Å². The molecular formula is C12H8N4OS. The quantitative estimate of drug-likeness (QED) is 0.765. The molecule has 1 heterocycles. The summed E-state index contributed by atoms with van der Waals surface area (Å²) in [4.78, 5) is 15.3. The van der Waals surface area contributed by atoms with Gasteiger partial charge in [0.05, 0.1) is 16.8 Å². The van der Waals surface area contributed by atoms with Crippen LogP contribution in [-0.2, 0) is 13.6 Å². The van der Waals surface area contributed by atoms with Gasteiger partial charge >= 0.3 is 4.87 Å². The largest absolute Gasteiger partial charge is 0.307 e. The summed E-state index contributed by atoms with van der Waals surface area (Å²) in [5, 5.41) is 17.1. The molecule has 2 aromatic rings. The van der Waals surface area contributed by atoms with Gasteiger partial charge in [0.25, 0.3) is 0 Å². The van der Waals surface area contributed by atoms with Crippen LogP contribution in [-0.4, -0.2) is 10.3 Å². The molecule has 0 unspecified atom stereocenters. The van der Waals surface area contributed by atoms with Crippen molar-refractivity contribution in [2.24, 2.45) is 12.0 Å². The maximum atomic E-state index is 11.5. The SMILES string of the molecule is Cn1c(=O)sc2cc(CN=C(C#N)C#N)ccc21. The Labute approximate surface area is 107 Å². The third-order valence-electron chi connectivity index (χ3n) is 2.49. The van der Waals surface area contributed by atoms with E-state index in [1.54, 1.807) is 23.8 Å². The van der Waals surface area contributed by atoms with Crippen LogP contribution in [0.1, 0.15) is 5.56 Å². The topological polar surface area (TPSA) is 81.9 Å². The molecule has 0 saturated heterocycles. The molecule has 0 fully saturated rings. The van der Waals surface area contributed by atoms with Crippen molar-refractivity contribution in [3.63, 3.8) is 0 Å². The maximum Gasteiger partial charge on any atom is 0.307 e. The van der Waals surface area contributed by atoms with E-state index in [4.69, 9.17) is 10.5 Å². The predicted octanol–water partition coefficient (Wildman–Crippen LogP) is 1.59.